The van der Waals surface area contributed by atoms with E-state index < -0.39 is 10.0 Å². The van der Waals surface area contributed by atoms with Crippen molar-refractivity contribution in [3.05, 3.63) is 28.2 Å². The van der Waals surface area contributed by atoms with Gasteiger partial charge in [-0.15, -0.1) is 0 Å². The fourth-order valence-electron chi connectivity index (χ4n) is 1.52. The molecular formula is C12H17BrN2O4S. The van der Waals surface area contributed by atoms with Crippen molar-refractivity contribution in [1.29, 1.82) is 0 Å². The van der Waals surface area contributed by atoms with E-state index in [9.17, 15) is 13.2 Å². The van der Waals surface area contributed by atoms with Crippen LogP contribution in [0.25, 0.3) is 0 Å². The van der Waals surface area contributed by atoms with Gasteiger partial charge < -0.3 is 10.1 Å². The van der Waals surface area contributed by atoms with Crippen molar-refractivity contribution < 1.29 is 17.9 Å². The first-order chi connectivity index (χ1) is 9.25. The van der Waals surface area contributed by atoms with Crippen molar-refractivity contribution in [2.45, 2.75) is 24.3 Å². The summed E-state index contributed by atoms with van der Waals surface area (Å²) in [5.74, 6) is -0.369. The third kappa shape index (κ3) is 4.86. The summed E-state index contributed by atoms with van der Waals surface area (Å²) in [6.45, 7) is 2.37. The molecule has 20 heavy (non-hydrogen) atoms. The van der Waals surface area contributed by atoms with Gasteiger partial charge in [0, 0.05) is 24.2 Å². The van der Waals surface area contributed by atoms with Crippen LogP contribution >= 0.6 is 15.9 Å². The van der Waals surface area contributed by atoms with Crippen LogP contribution < -0.4 is 10.5 Å². The van der Waals surface area contributed by atoms with E-state index in [4.69, 9.17) is 9.88 Å². The Balaban J connectivity index is 2.93. The minimum Gasteiger partial charge on any atom is -0.385 e. The number of primary sulfonamides is 1. The summed E-state index contributed by atoms with van der Waals surface area (Å²) < 4.78 is 28.0. The summed E-state index contributed by atoms with van der Waals surface area (Å²) in [5.41, 5.74) is 0.223. The van der Waals surface area contributed by atoms with E-state index in [1.165, 1.54) is 18.2 Å². The highest BCUT2D eigenvalue weighted by Crippen LogP contribution is 2.20. The van der Waals surface area contributed by atoms with E-state index in [1.54, 1.807) is 7.11 Å². The van der Waals surface area contributed by atoms with Crippen molar-refractivity contribution in [3.63, 3.8) is 0 Å². The molecule has 6 nitrogen and oxygen atoms in total. The number of halogens is 1. The second-order valence-corrected chi connectivity index (χ2v) is 6.76. The van der Waals surface area contributed by atoms with Crippen molar-refractivity contribution in [3.8, 4) is 0 Å². The molecule has 1 rings (SSSR count). The first kappa shape index (κ1) is 17.1. The molecule has 1 aromatic carbocycles. The molecule has 1 aromatic rings. The van der Waals surface area contributed by atoms with Crippen LogP contribution in [0, 0.1) is 0 Å². The molecule has 0 saturated heterocycles. The summed E-state index contributed by atoms with van der Waals surface area (Å²) in [6, 6.07) is 3.98. The molecule has 0 fully saturated rings. The molecule has 0 aliphatic rings. The van der Waals surface area contributed by atoms with Crippen molar-refractivity contribution in [1.82, 2.24) is 5.32 Å². The van der Waals surface area contributed by atoms with Gasteiger partial charge in [-0.1, -0.05) is 0 Å². The number of nitrogens with two attached hydrogens (primary N) is 1. The fourth-order valence-corrected chi connectivity index (χ4v) is 2.49. The smallest absolute Gasteiger partial charge is 0.252 e. The van der Waals surface area contributed by atoms with E-state index in [0.29, 0.717) is 17.5 Å². The Hall–Kier alpha value is -0.960. The monoisotopic (exact) mass is 364 g/mol. The van der Waals surface area contributed by atoms with Crippen LogP contribution in [0.5, 0.6) is 0 Å². The zero-order valence-electron chi connectivity index (χ0n) is 11.2. The van der Waals surface area contributed by atoms with Crippen LogP contribution in [0.3, 0.4) is 0 Å². The van der Waals surface area contributed by atoms with E-state index in [-0.39, 0.29) is 22.4 Å². The van der Waals surface area contributed by atoms with Gasteiger partial charge >= 0.3 is 0 Å². The highest BCUT2D eigenvalue weighted by atomic mass is 79.9. The number of methoxy groups -OCH3 is 1. The lowest BCUT2D eigenvalue weighted by Gasteiger charge is -2.14. The third-order valence-electron chi connectivity index (χ3n) is 2.64. The Kier molecular flexibility index (Phi) is 6.12. The van der Waals surface area contributed by atoms with Crippen molar-refractivity contribution in [2.24, 2.45) is 5.14 Å². The Labute approximate surface area is 126 Å². The molecule has 3 N–H and O–H groups in total. The number of sulfonamides is 1. The molecule has 1 unspecified atom stereocenters. The van der Waals surface area contributed by atoms with Gasteiger partial charge in [0.2, 0.25) is 10.0 Å². The van der Waals surface area contributed by atoms with Gasteiger partial charge in [-0.05, 0) is 47.5 Å². The van der Waals surface area contributed by atoms with E-state index in [0.717, 1.165) is 0 Å². The Bertz CT molecular complexity index is 589. The van der Waals surface area contributed by atoms with E-state index in [2.05, 4.69) is 21.2 Å². The minimum atomic E-state index is -3.84. The predicted molar refractivity (Wildman–Crippen MR) is 78.9 cm³/mol. The number of ether oxygens (including phenoxy) is 1. The van der Waals surface area contributed by atoms with Gasteiger partial charge in [0.25, 0.3) is 5.91 Å². The summed E-state index contributed by atoms with van der Waals surface area (Å²) in [7, 11) is -2.26. The second kappa shape index (κ2) is 7.16. The molecule has 0 heterocycles. The van der Waals surface area contributed by atoms with E-state index in [1.807, 2.05) is 6.92 Å². The second-order valence-electron chi connectivity index (χ2n) is 4.34. The van der Waals surface area contributed by atoms with Crippen LogP contribution in [0.2, 0.25) is 0 Å². The summed E-state index contributed by atoms with van der Waals surface area (Å²) in [5, 5.41) is 7.82. The highest BCUT2D eigenvalue weighted by Gasteiger charge is 2.16. The summed E-state index contributed by atoms with van der Waals surface area (Å²) in [4.78, 5) is 12.0. The molecule has 0 aliphatic heterocycles. The molecule has 0 aliphatic carbocycles. The lowest BCUT2D eigenvalue weighted by Crippen LogP contribution is -2.33. The average Bonchev–Trinajstić information content (AvgIpc) is 2.35. The molecule has 0 spiro atoms. The van der Waals surface area contributed by atoms with Crippen LogP contribution in [0.1, 0.15) is 23.7 Å². The summed E-state index contributed by atoms with van der Waals surface area (Å²) >= 11 is 3.22. The molecule has 0 bridgehead atoms. The van der Waals surface area contributed by atoms with Crippen LogP contribution in [0.15, 0.2) is 27.6 Å². The average molecular weight is 365 g/mol. The Morgan fingerprint density at radius 2 is 2.15 bits per heavy atom. The van der Waals surface area contributed by atoms with Crippen molar-refractivity contribution >= 4 is 31.9 Å². The standard InChI is InChI=1S/C12H17BrN2O4S/c1-8(5-6-19-2)15-12(16)10-7-9(20(14,17)18)3-4-11(10)13/h3-4,7-8H,5-6H2,1-2H3,(H,15,16)(H2,14,17,18). The maximum absolute atomic E-state index is 12.1. The summed E-state index contributed by atoms with van der Waals surface area (Å²) in [6.07, 6.45) is 0.661. The normalized spacial score (nSPS) is 13.0. The molecular weight excluding hydrogens is 348 g/mol. The lowest BCUT2D eigenvalue weighted by molar-refractivity contribution is 0.0928. The molecule has 0 radical (unpaired) electrons. The molecule has 1 atom stereocenters. The topological polar surface area (TPSA) is 98.5 Å². The minimum absolute atomic E-state index is 0.0903. The third-order valence-corrected chi connectivity index (χ3v) is 4.25. The van der Waals surface area contributed by atoms with Gasteiger partial charge in [0.15, 0.2) is 0 Å². The number of nitrogens with one attached hydrogen (secondary N) is 1. The number of hydrogen-bond acceptors (Lipinski definition) is 4. The van der Waals surface area contributed by atoms with Gasteiger partial charge in [0.1, 0.15) is 0 Å². The largest absolute Gasteiger partial charge is 0.385 e. The number of amides is 1. The van der Waals surface area contributed by atoms with Crippen molar-refractivity contribution in [2.75, 3.05) is 13.7 Å². The predicted octanol–water partition coefficient (Wildman–Crippen LogP) is 1.25. The Morgan fingerprint density at radius 3 is 2.70 bits per heavy atom. The van der Waals surface area contributed by atoms with Crippen LogP contribution in [-0.4, -0.2) is 34.1 Å². The molecule has 1 amide bonds. The highest BCUT2D eigenvalue weighted by molar-refractivity contribution is 9.10. The van der Waals surface area contributed by atoms with Gasteiger partial charge in [0.05, 0.1) is 10.5 Å². The first-order valence-corrected chi connectivity index (χ1v) is 8.21. The molecule has 8 heteroatoms. The lowest BCUT2D eigenvalue weighted by atomic mass is 10.2. The number of benzene rings is 1. The maximum atomic E-state index is 12.1. The quantitative estimate of drug-likeness (QED) is 0.793. The zero-order valence-corrected chi connectivity index (χ0v) is 13.6. The Morgan fingerprint density at radius 1 is 1.50 bits per heavy atom. The van der Waals surface area contributed by atoms with Gasteiger partial charge in [-0.2, -0.15) is 0 Å². The fraction of sp³-hybridized carbons (Fsp3) is 0.417. The maximum Gasteiger partial charge on any atom is 0.252 e. The van der Waals surface area contributed by atoms with Gasteiger partial charge in [-0.3, -0.25) is 4.79 Å². The number of rotatable bonds is 6. The molecule has 0 aromatic heterocycles. The molecule has 0 saturated carbocycles. The first-order valence-electron chi connectivity index (χ1n) is 5.88. The van der Waals surface area contributed by atoms with Crippen LogP contribution in [-0.2, 0) is 14.8 Å². The number of carbonyl (C=O) groups excluding carboxylic acids is 1. The SMILES string of the molecule is COCCC(C)NC(=O)c1cc(S(N)(=O)=O)ccc1Br. The van der Waals surface area contributed by atoms with Crippen LogP contribution in [0.4, 0.5) is 0 Å². The number of hydrogen-bond donors (Lipinski definition) is 2. The zero-order chi connectivity index (χ0) is 15.3. The van der Waals surface area contributed by atoms with Gasteiger partial charge in [-0.25, -0.2) is 13.6 Å². The van der Waals surface area contributed by atoms with E-state index >= 15 is 0 Å². The number of carbonyl (C=O) groups is 1. The molecule has 112 valence electrons.